The van der Waals surface area contributed by atoms with E-state index in [2.05, 4.69) is 6.92 Å². The smallest absolute Gasteiger partial charge is 0.254 e. The quantitative estimate of drug-likeness (QED) is 0.552. The molecule has 1 aliphatic carbocycles. The van der Waals surface area contributed by atoms with Crippen LogP contribution in [0, 0.1) is 5.92 Å². The third-order valence-electron chi connectivity index (χ3n) is 5.99. The van der Waals surface area contributed by atoms with Crippen molar-refractivity contribution in [1.82, 2.24) is 9.21 Å². The summed E-state index contributed by atoms with van der Waals surface area (Å²) in [5, 5.41) is 0. The van der Waals surface area contributed by atoms with Gasteiger partial charge in [-0.2, -0.15) is 4.31 Å². The van der Waals surface area contributed by atoms with Crippen molar-refractivity contribution in [3.63, 3.8) is 0 Å². The fourth-order valence-electron chi connectivity index (χ4n) is 3.89. The summed E-state index contributed by atoms with van der Waals surface area (Å²) in [7, 11) is -2.33. The molecule has 1 atom stereocenters. The Morgan fingerprint density at radius 2 is 1.74 bits per heavy atom. The summed E-state index contributed by atoms with van der Waals surface area (Å²) in [6.07, 6.45) is 2.23. The van der Waals surface area contributed by atoms with E-state index in [9.17, 15) is 13.2 Å². The zero-order valence-electron chi connectivity index (χ0n) is 18.7. The van der Waals surface area contributed by atoms with Gasteiger partial charge in [0.1, 0.15) is 10.6 Å². The van der Waals surface area contributed by atoms with E-state index in [1.54, 1.807) is 26.0 Å². The molecule has 3 rings (SSSR count). The van der Waals surface area contributed by atoms with E-state index in [0.717, 1.165) is 18.4 Å². The van der Waals surface area contributed by atoms with Crippen molar-refractivity contribution in [2.45, 2.75) is 51.1 Å². The van der Waals surface area contributed by atoms with Crippen molar-refractivity contribution in [3.8, 4) is 5.75 Å². The van der Waals surface area contributed by atoms with Gasteiger partial charge < -0.3 is 9.64 Å². The minimum atomic E-state index is -3.77. The van der Waals surface area contributed by atoms with Crippen molar-refractivity contribution in [3.05, 3.63) is 59.7 Å². The van der Waals surface area contributed by atoms with Gasteiger partial charge in [-0.1, -0.05) is 44.2 Å². The standard InChI is InChI=1S/C24H32N2O4S/c1-5-25(6-2)31(28,29)23-16-21(14-15-22(23)30-4)24(27)26(18(3)20-12-13-20)17-19-10-8-7-9-11-19/h7-11,14-16,18,20H,5-6,12-13,17H2,1-4H3. The van der Waals surface area contributed by atoms with Crippen LogP contribution in [0.1, 0.15) is 49.5 Å². The Labute approximate surface area is 185 Å². The first-order chi connectivity index (χ1) is 14.8. The molecule has 0 spiro atoms. The molecular formula is C24H32N2O4S. The van der Waals surface area contributed by atoms with E-state index in [1.807, 2.05) is 35.2 Å². The molecular weight excluding hydrogens is 412 g/mol. The topological polar surface area (TPSA) is 66.9 Å². The highest BCUT2D eigenvalue weighted by molar-refractivity contribution is 7.89. The highest BCUT2D eigenvalue weighted by Gasteiger charge is 2.35. The molecule has 1 saturated carbocycles. The number of hydrogen-bond acceptors (Lipinski definition) is 4. The van der Waals surface area contributed by atoms with E-state index < -0.39 is 10.0 Å². The molecule has 1 unspecified atom stereocenters. The summed E-state index contributed by atoms with van der Waals surface area (Å²) in [6, 6.07) is 14.7. The normalized spacial score (nSPS) is 15.0. The highest BCUT2D eigenvalue weighted by atomic mass is 32.2. The third-order valence-corrected chi connectivity index (χ3v) is 8.06. The van der Waals surface area contributed by atoms with Crippen LogP contribution in [-0.2, 0) is 16.6 Å². The predicted molar refractivity (Wildman–Crippen MR) is 122 cm³/mol. The van der Waals surface area contributed by atoms with Gasteiger partial charge in [0.2, 0.25) is 10.0 Å². The largest absolute Gasteiger partial charge is 0.495 e. The fraction of sp³-hybridized carbons (Fsp3) is 0.458. The Kier molecular flexibility index (Phi) is 7.38. The molecule has 0 radical (unpaired) electrons. The SMILES string of the molecule is CCN(CC)S(=O)(=O)c1cc(C(=O)N(Cc2ccccc2)C(C)C2CC2)ccc1OC. The minimum absolute atomic E-state index is 0.0308. The zero-order chi connectivity index (χ0) is 22.6. The van der Waals surface area contributed by atoms with Crippen LogP contribution in [0.25, 0.3) is 0 Å². The lowest BCUT2D eigenvalue weighted by Crippen LogP contribution is -2.39. The third kappa shape index (κ3) is 5.10. The van der Waals surface area contributed by atoms with E-state index in [0.29, 0.717) is 31.1 Å². The number of carbonyl (C=O) groups excluding carboxylic acids is 1. The van der Waals surface area contributed by atoms with Crippen LogP contribution < -0.4 is 4.74 Å². The van der Waals surface area contributed by atoms with Crippen molar-refractivity contribution in [2.75, 3.05) is 20.2 Å². The molecule has 6 nitrogen and oxygen atoms in total. The summed E-state index contributed by atoms with van der Waals surface area (Å²) in [5.74, 6) is 0.569. The molecule has 1 amide bonds. The zero-order valence-corrected chi connectivity index (χ0v) is 19.6. The van der Waals surface area contributed by atoms with Crippen molar-refractivity contribution >= 4 is 15.9 Å². The molecule has 7 heteroatoms. The lowest BCUT2D eigenvalue weighted by atomic mass is 10.1. The molecule has 0 heterocycles. The number of rotatable bonds is 10. The number of benzene rings is 2. The highest BCUT2D eigenvalue weighted by Crippen LogP contribution is 2.37. The molecule has 1 fully saturated rings. The van der Waals surface area contributed by atoms with Gasteiger partial charge >= 0.3 is 0 Å². The number of ether oxygens (including phenoxy) is 1. The lowest BCUT2D eigenvalue weighted by molar-refractivity contribution is 0.0654. The van der Waals surface area contributed by atoms with Crippen LogP contribution in [0.2, 0.25) is 0 Å². The second-order valence-corrected chi connectivity index (χ2v) is 9.86. The van der Waals surface area contributed by atoms with Crippen molar-refractivity contribution in [2.24, 2.45) is 5.92 Å². The van der Waals surface area contributed by atoms with Gasteiger partial charge in [-0.25, -0.2) is 8.42 Å². The van der Waals surface area contributed by atoms with E-state index in [1.165, 1.54) is 17.5 Å². The molecule has 2 aromatic rings. The molecule has 1 aliphatic rings. The second kappa shape index (κ2) is 9.83. The average molecular weight is 445 g/mol. The first kappa shape index (κ1) is 23.3. The number of methoxy groups -OCH3 is 1. The molecule has 0 aromatic heterocycles. The molecule has 0 bridgehead atoms. The summed E-state index contributed by atoms with van der Waals surface area (Å²) in [5.41, 5.74) is 1.41. The van der Waals surface area contributed by atoms with Gasteiger partial charge in [-0.05, 0) is 49.4 Å². The summed E-state index contributed by atoms with van der Waals surface area (Å²) >= 11 is 0. The fourth-order valence-corrected chi connectivity index (χ4v) is 5.53. The van der Waals surface area contributed by atoms with Gasteiger partial charge in [0.25, 0.3) is 5.91 Å². The summed E-state index contributed by atoms with van der Waals surface area (Å²) in [4.78, 5) is 15.5. The number of hydrogen-bond donors (Lipinski definition) is 0. The lowest BCUT2D eigenvalue weighted by Gasteiger charge is -2.30. The van der Waals surface area contributed by atoms with Crippen LogP contribution in [0.4, 0.5) is 0 Å². The Morgan fingerprint density at radius 1 is 1.10 bits per heavy atom. The Bertz CT molecular complexity index is 999. The van der Waals surface area contributed by atoms with Crippen LogP contribution in [0.5, 0.6) is 5.75 Å². The van der Waals surface area contributed by atoms with Crippen LogP contribution in [0.15, 0.2) is 53.4 Å². The maximum atomic E-state index is 13.6. The van der Waals surface area contributed by atoms with Gasteiger partial charge in [-0.3, -0.25) is 4.79 Å². The maximum Gasteiger partial charge on any atom is 0.254 e. The molecule has 168 valence electrons. The molecule has 31 heavy (non-hydrogen) atoms. The van der Waals surface area contributed by atoms with Gasteiger partial charge in [0.15, 0.2) is 0 Å². The summed E-state index contributed by atoms with van der Waals surface area (Å²) in [6.45, 7) is 6.85. The molecule has 0 N–H and O–H groups in total. The minimum Gasteiger partial charge on any atom is -0.495 e. The number of carbonyl (C=O) groups is 1. The Morgan fingerprint density at radius 3 is 2.29 bits per heavy atom. The number of nitrogens with zero attached hydrogens (tertiary/aromatic N) is 2. The number of sulfonamides is 1. The predicted octanol–water partition coefficient (Wildman–Crippen LogP) is 4.17. The molecule has 2 aromatic carbocycles. The van der Waals surface area contributed by atoms with E-state index in [4.69, 9.17) is 4.74 Å². The van der Waals surface area contributed by atoms with Gasteiger partial charge in [0.05, 0.1) is 7.11 Å². The number of amides is 1. The maximum absolute atomic E-state index is 13.6. The molecule has 0 aliphatic heterocycles. The van der Waals surface area contributed by atoms with Crippen molar-refractivity contribution in [1.29, 1.82) is 0 Å². The van der Waals surface area contributed by atoms with Crippen LogP contribution in [-0.4, -0.2) is 49.8 Å². The molecule has 0 saturated heterocycles. The monoisotopic (exact) mass is 444 g/mol. The Balaban J connectivity index is 2.00. The summed E-state index contributed by atoms with van der Waals surface area (Å²) < 4.78 is 33.1. The first-order valence-electron chi connectivity index (χ1n) is 10.9. The van der Waals surface area contributed by atoms with E-state index >= 15 is 0 Å². The van der Waals surface area contributed by atoms with Crippen LogP contribution in [0.3, 0.4) is 0 Å². The van der Waals surface area contributed by atoms with E-state index in [-0.39, 0.29) is 22.6 Å². The van der Waals surface area contributed by atoms with Crippen molar-refractivity contribution < 1.29 is 17.9 Å². The average Bonchev–Trinajstić information content (AvgIpc) is 3.63. The van der Waals surface area contributed by atoms with Gasteiger partial charge in [-0.15, -0.1) is 0 Å². The Hall–Kier alpha value is -2.38. The van der Waals surface area contributed by atoms with Crippen LogP contribution >= 0.6 is 0 Å². The second-order valence-electron chi connectivity index (χ2n) is 7.95. The first-order valence-corrected chi connectivity index (χ1v) is 12.3. The van der Waals surface area contributed by atoms with Gasteiger partial charge in [0, 0.05) is 31.2 Å².